The summed E-state index contributed by atoms with van der Waals surface area (Å²) < 4.78 is 36.3. The topological polar surface area (TPSA) is 129 Å². The lowest BCUT2D eigenvalue weighted by molar-refractivity contribution is -0.147. The van der Waals surface area contributed by atoms with Gasteiger partial charge in [0.25, 0.3) is 0 Å². The fraction of sp³-hybridized carbons (Fsp3) is 0.419. The standard InChI is InChI=1S/C31H33F2N7O4/c1-17(2)28-36-26(37-44-28)18-9-11-38(12-10-18)27-24-21(32)7-6-20(25(24)34-16-35-27)19-5-8-23(22(33)15-19)39-13-14-40(30(39)43)31(3,4)29(41)42/h5-8,15-18H,9-14H2,1-4H3,(H,41,42). The van der Waals surface area contributed by atoms with Gasteiger partial charge in [0, 0.05) is 43.6 Å². The third kappa shape index (κ3) is 4.99. The highest BCUT2D eigenvalue weighted by atomic mass is 19.1. The minimum Gasteiger partial charge on any atom is -0.480 e. The second-order valence-electron chi connectivity index (χ2n) is 12.0. The van der Waals surface area contributed by atoms with Crippen molar-refractivity contribution in [3.8, 4) is 11.1 Å². The predicted molar refractivity (Wildman–Crippen MR) is 159 cm³/mol. The summed E-state index contributed by atoms with van der Waals surface area (Å²) >= 11 is 0. The Morgan fingerprint density at radius 3 is 2.45 bits per heavy atom. The Balaban J connectivity index is 1.26. The maximum absolute atomic E-state index is 15.6. The van der Waals surface area contributed by atoms with Crippen molar-refractivity contribution in [3.63, 3.8) is 0 Å². The summed E-state index contributed by atoms with van der Waals surface area (Å²) in [6.07, 6.45) is 2.87. The van der Waals surface area contributed by atoms with Gasteiger partial charge in [0.2, 0.25) is 5.89 Å². The molecule has 2 aliphatic heterocycles. The van der Waals surface area contributed by atoms with Crippen LogP contribution in [0.3, 0.4) is 0 Å². The number of piperidine rings is 1. The molecule has 0 bridgehead atoms. The summed E-state index contributed by atoms with van der Waals surface area (Å²) in [5, 5.41) is 14.0. The maximum atomic E-state index is 15.6. The molecule has 6 rings (SSSR count). The van der Waals surface area contributed by atoms with Crippen LogP contribution >= 0.6 is 0 Å². The highest BCUT2D eigenvalue weighted by molar-refractivity contribution is 6.01. The molecule has 4 aromatic rings. The molecule has 4 heterocycles. The molecule has 2 saturated heterocycles. The molecule has 11 nitrogen and oxygen atoms in total. The number of hydrogen-bond donors (Lipinski definition) is 1. The van der Waals surface area contributed by atoms with Crippen LogP contribution in [-0.2, 0) is 4.79 Å². The van der Waals surface area contributed by atoms with Crippen LogP contribution in [0.2, 0.25) is 0 Å². The van der Waals surface area contributed by atoms with Crippen LogP contribution in [0.5, 0.6) is 0 Å². The average molecular weight is 606 g/mol. The van der Waals surface area contributed by atoms with E-state index >= 15 is 8.78 Å². The van der Waals surface area contributed by atoms with E-state index in [2.05, 4.69) is 20.1 Å². The quantitative estimate of drug-likeness (QED) is 0.287. The Labute approximate surface area is 252 Å². The fourth-order valence-electron chi connectivity index (χ4n) is 5.88. The predicted octanol–water partition coefficient (Wildman–Crippen LogP) is 5.57. The SMILES string of the molecule is CC(C)c1nc(C2CCN(c3ncnc4c(-c5ccc(N6CCN(C(C)(C)C(=O)O)C6=O)c(F)c5)ccc(F)c34)CC2)no1. The molecule has 0 atom stereocenters. The molecule has 2 aromatic carbocycles. The lowest BCUT2D eigenvalue weighted by atomic mass is 9.95. The molecule has 230 valence electrons. The number of hydrogen-bond acceptors (Lipinski definition) is 8. The monoisotopic (exact) mass is 605 g/mol. The van der Waals surface area contributed by atoms with E-state index in [0.717, 1.165) is 12.8 Å². The molecule has 44 heavy (non-hydrogen) atoms. The number of rotatable bonds is 7. The fourth-order valence-corrected chi connectivity index (χ4v) is 5.88. The van der Waals surface area contributed by atoms with Crippen LogP contribution in [0, 0.1) is 11.6 Å². The number of halogens is 2. The molecule has 2 fully saturated rings. The van der Waals surface area contributed by atoms with E-state index < -0.39 is 29.2 Å². The third-order valence-corrected chi connectivity index (χ3v) is 8.59. The lowest BCUT2D eigenvalue weighted by Gasteiger charge is -2.32. The molecular weight excluding hydrogens is 572 g/mol. The van der Waals surface area contributed by atoms with Gasteiger partial charge in [0.1, 0.15) is 29.3 Å². The molecule has 2 aliphatic rings. The average Bonchev–Trinajstić information content (AvgIpc) is 3.65. The third-order valence-electron chi connectivity index (χ3n) is 8.59. The van der Waals surface area contributed by atoms with Gasteiger partial charge in [-0.1, -0.05) is 25.1 Å². The zero-order valence-corrected chi connectivity index (χ0v) is 24.9. The van der Waals surface area contributed by atoms with Gasteiger partial charge in [-0.15, -0.1) is 0 Å². The van der Waals surface area contributed by atoms with Gasteiger partial charge in [0.15, 0.2) is 5.82 Å². The van der Waals surface area contributed by atoms with Crippen molar-refractivity contribution in [2.75, 3.05) is 36.0 Å². The molecule has 2 amide bonds. The van der Waals surface area contributed by atoms with Crippen molar-refractivity contribution < 1.29 is 28.0 Å². The first-order chi connectivity index (χ1) is 21.0. The number of fused-ring (bicyclic) bond motifs is 1. The van der Waals surface area contributed by atoms with Gasteiger partial charge in [-0.05, 0) is 56.5 Å². The molecule has 0 saturated carbocycles. The maximum Gasteiger partial charge on any atom is 0.329 e. The molecule has 0 spiro atoms. The van der Waals surface area contributed by atoms with Crippen molar-refractivity contribution >= 4 is 34.4 Å². The second-order valence-corrected chi connectivity index (χ2v) is 12.0. The van der Waals surface area contributed by atoms with Gasteiger partial charge in [-0.2, -0.15) is 4.98 Å². The Bertz CT molecular complexity index is 1750. The van der Waals surface area contributed by atoms with Crippen LogP contribution in [0.1, 0.15) is 64.1 Å². The molecular formula is C31H33F2N7O4. The van der Waals surface area contributed by atoms with Crippen molar-refractivity contribution in [3.05, 3.63) is 60.0 Å². The minimum atomic E-state index is -1.44. The molecule has 0 radical (unpaired) electrons. The summed E-state index contributed by atoms with van der Waals surface area (Å²) in [6.45, 7) is 8.37. The number of carbonyl (C=O) groups is 2. The molecule has 0 unspecified atom stereocenters. The van der Waals surface area contributed by atoms with Crippen LogP contribution < -0.4 is 9.80 Å². The zero-order valence-electron chi connectivity index (χ0n) is 24.9. The Hall–Kier alpha value is -4.68. The van der Waals surface area contributed by atoms with Crippen LogP contribution in [0.15, 0.2) is 41.2 Å². The van der Waals surface area contributed by atoms with E-state index in [0.29, 0.717) is 47.3 Å². The van der Waals surface area contributed by atoms with Crippen molar-refractivity contribution in [1.82, 2.24) is 25.0 Å². The summed E-state index contributed by atoms with van der Waals surface area (Å²) in [7, 11) is 0. The second kappa shape index (κ2) is 11.1. The zero-order chi connectivity index (χ0) is 31.3. The van der Waals surface area contributed by atoms with E-state index in [9.17, 15) is 14.7 Å². The minimum absolute atomic E-state index is 0.0363. The van der Waals surface area contributed by atoms with Gasteiger partial charge in [0.05, 0.1) is 16.6 Å². The number of carboxylic acid groups (broad SMARTS) is 1. The summed E-state index contributed by atoms with van der Waals surface area (Å²) in [5.41, 5.74) is -0.0941. The van der Waals surface area contributed by atoms with E-state index in [1.807, 2.05) is 18.7 Å². The normalized spacial score (nSPS) is 16.5. The molecule has 1 N–H and O–H groups in total. The van der Waals surface area contributed by atoms with Gasteiger partial charge < -0.3 is 19.4 Å². The van der Waals surface area contributed by atoms with Crippen molar-refractivity contribution in [2.45, 2.75) is 57.9 Å². The van der Waals surface area contributed by atoms with Gasteiger partial charge >= 0.3 is 12.0 Å². The summed E-state index contributed by atoms with van der Waals surface area (Å²) in [5.74, 6) is -0.261. The van der Waals surface area contributed by atoms with Gasteiger partial charge in [-0.3, -0.25) is 4.90 Å². The Kier molecular flexibility index (Phi) is 7.42. The number of carboxylic acids is 1. The number of nitrogens with zero attached hydrogens (tertiary/aromatic N) is 7. The molecule has 2 aromatic heterocycles. The first-order valence-corrected chi connectivity index (χ1v) is 14.6. The number of aromatic nitrogens is 4. The van der Waals surface area contributed by atoms with E-state index in [-0.39, 0.29) is 36.0 Å². The van der Waals surface area contributed by atoms with E-state index in [1.165, 1.54) is 48.2 Å². The number of aliphatic carboxylic acids is 1. The van der Waals surface area contributed by atoms with Gasteiger partial charge in [-0.25, -0.2) is 28.3 Å². The first kappa shape index (κ1) is 29.4. The highest BCUT2D eigenvalue weighted by Crippen LogP contribution is 2.38. The largest absolute Gasteiger partial charge is 0.480 e. The molecule has 13 heteroatoms. The number of anilines is 2. The van der Waals surface area contributed by atoms with Crippen LogP contribution in [-0.4, -0.2) is 73.8 Å². The first-order valence-electron chi connectivity index (χ1n) is 14.6. The lowest BCUT2D eigenvalue weighted by Crippen LogP contribution is -2.51. The number of benzene rings is 2. The Morgan fingerprint density at radius 2 is 1.80 bits per heavy atom. The summed E-state index contributed by atoms with van der Waals surface area (Å²) in [6, 6.07) is 6.69. The Morgan fingerprint density at radius 1 is 1.05 bits per heavy atom. The number of amides is 2. The summed E-state index contributed by atoms with van der Waals surface area (Å²) in [4.78, 5) is 42.6. The van der Waals surface area contributed by atoms with E-state index in [1.54, 1.807) is 12.1 Å². The van der Waals surface area contributed by atoms with Crippen LogP contribution in [0.25, 0.3) is 22.0 Å². The van der Waals surface area contributed by atoms with Crippen molar-refractivity contribution in [2.24, 2.45) is 0 Å². The highest BCUT2D eigenvalue weighted by Gasteiger charge is 2.44. The van der Waals surface area contributed by atoms with Crippen LogP contribution in [0.4, 0.5) is 25.1 Å². The smallest absolute Gasteiger partial charge is 0.329 e. The van der Waals surface area contributed by atoms with Crippen molar-refractivity contribution in [1.29, 1.82) is 0 Å². The number of carbonyl (C=O) groups excluding carboxylic acids is 1. The van der Waals surface area contributed by atoms with E-state index in [4.69, 9.17) is 4.52 Å². The molecule has 0 aliphatic carbocycles. The number of urea groups is 1.